The fourth-order valence-corrected chi connectivity index (χ4v) is 2.96. The predicted molar refractivity (Wildman–Crippen MR) is 90.0 cm³/mol. The van der Waals surface area contributed by atoms with Gasteiger partial charge in [0.25, 0.3) is 0 Å². The van der Waals surface area contributed by atoms with Gasteiger partial charge in [0.15, 0.2) is 6.29 Å². The maximum Gasteiger partial charge on any atom is 0.152 e. The van der Waals surface area contributed by atoms with E-state index in [1.807, 2.05) is 50.2 Å². The maximum atomic E-state index is 11.6. The van der Waals surface area contributed by atoms with Crippen molar-refractivity contribution in [1.82, 2.24) is 4.98 Å². The standard InChI is InChI=1S/C18H16ClNO2/c1-3-22-14-6-4-12(5-7-14)18-16(10-21)15-9-13(19)8-11(2)17(15)20-18/h4-10,20H,3H2,1-2H3. The lowest BCUT2D eigenvalue weighted by Gasteiger charge is -2.04. The van der Waals surface area contributed by atoms with Gasteiger partial charge < -0.3 is 9.72 Å². The summed E-state index contributed by atoms with van der Waals surface area (Å²) >= 11 is 6.12. The summed E-state index contributed by atoms with van der Waals surface area (Å²) in [5, 5.41) is 1.48. The molecule has 22 heavy (non-hydrogen) atoms. The van der Waals surface area contributed by atoms with Crippen LogP contribution in [0.4, 0.5) is 0 Å². The number of carbonyl (C=O) groups excluding carboxylic acids is 1. The number of nitrogens with one attached hydrogen (secondary N) is 1. The first-order chi connectivity index (χ1) is 10.6. The highest BCUT2D eigenvalue weighted by Gasteiger charge is 2.14. The number of hydrogen-bond donors (Lipinski definition) is 1. The highest BCUT2D eigenvalue weighted by Crippen LogP contribution is 2.33. The van der Waals surface area contributed by atoms with Gasteiger partial charge >= 0.3 is 0 Å². The second-order valence-corrected chi connectivity index (χ2v) is 5.57. The zero-order chi connectivity index (χ0) is 15.7. The topological polar surface area (TPSA) is 42.1 Å². The van der Waals surface area contributed by atoms with Crippen molar-refractivity contribution in [1.29, 1.82) is 0 Å². The molecule has 0 saturated heterocycles. The second-order valence-electron chi connectivity index (χ2n) is 5.13. The molecule has 0 aliphatic rings. The number of fused-ring (bicyclic) bond motifs is 1. The lowest BCUT2D eigenvalue weighted by Crippen LogP contribution is -1.91. The van der Waals surface area contributed by atoms with Gasteiger partial charge in [-0.3, -0.25) is 4.79 Å². The zero-order valence-electron chi connectivity index (χ0n) is 12.4. The van der Waals surface area contributed by atoms with Crippen molar-refractivity contribution in [2.45, 2.75) is 13.8 Å². The highest BCUT2D eigenvalue weighted by molar-refractivity contribution is 6.31. The van der Waals surface area contributed by atoms with E-state index >= 15 is 0 Å². The van der Waals surface area contributed by atoms with Crippen LogP contribution in [0.3, 0.4) is 0 Å². The molecule has 0 spiro atoms. The van der Waals surface area contributed by atoms with E-state index in [-0.39, 0.29) is 0 Å². The lowest BCUT2D eigenvalue weighted by molar-refractivity contribution is 0.112. The molecule has 0 amide bonds. The van der Waals surface area contributed by atoms with E-state index in [9.17, 15) is 4.79 Å². The molecule has 1 aromatic heterocycles. The number of aromatic amines is 1. The molecule has 1 heterocycles. The summed E-state index contributed by atoms with van der Waals surface area (Å²) < 4.78 is 5.45. The minimum atomic E-state index is 0.628. The first-order valence-corrected chi connectivity index (χ1v) is 7.52. The van der Waals surface area contributed by atoms with Gasteiger partial charge in [0, 0.05) is 21.5 Å². The van der Waals surface area contributed by atoms with Gasteiger partial charge in [0.05, 0.1) is 12.3 Å². The van der Waals surface area contributed by atoms with Gasteiger partial charge in [0.1, 0.15) is 5.75 Å². The lowest BCUT2D eigenvalue weighted by atomic mass is 10.1. The summed E-state index contributed by atoms with van der Waals surface area (Å²) in [5.74, 6) is 0.814. The number of ether oxygens (including phenoxy) is 1. The molecule has 0 atom stereocenters. The first-order valence-electron chi connectivity index (χ1n) is 7.14. The Kier molecular flexibility index (Phi) is 3.90. The van der Waals surface area contributed by atoms with Gasteiger partial charge in [0.2, 0.25) is 0 Å². The summed E-state index contributed by atoms with van der Waals surface area (Å²) in [6, 6.07) is 11.4. The van der Waals surface area contributed by atoms with Crippen LogP contribution in [0.5, 0.6) is 5.75 Å². The number of aldehydes is 1. The van der Waals surface area contributed by atoms with Crippen LogP contribution < -0.4 is 4.74 Å². The van der Waals surface area contributed by atoms with Gasteiger partial charge in [-0.15, -0.1) is 0 Å². The van der Waals surface area contributed by atoms with Crippen molar-refractivity contribution in [3.63, 3.8) is 0 Å². The summed E-state index contributed by atoms with van der Waals surface area (Å²) in [4.78, 5) is 14.9. The normalized spacial score (nSPS) is 10.9. The van der Waals surface area contributed by atoms with Crippen LogP contribution in [-0.4, -0.2) is 17.9 Å². The van der Waals surface area contributed by atoms with Crippen molar-refractivity contribution in [2.24, 2.45) is 0 Å². The molecule has 0 fully saturated rings. The molecule has 1 N–H and O–H groups in total. The molecule has 4 heteroatoms. The van der Waals surface area contributed by atoms with Crippen molar-refractivity contribution in [3.8, 4) is 17.0 Å². The highest BCUT2D eigenvalue weighted by atomic mass is 35.5. The van der Waals surface area contributed by atoms with Crippen LogP contribution in [0.15, 0.2) is 36.4 Å². The summed E-state index contributed by atoms with van der Waals surface area (Å²) in [6.45, 7) is 4.55. The van der Waals surface area contributed by atoms with Crippen LogP contribution in [-0.2, 0) is 0 Å². The molecule has 3 aromatic rings. The quantitative estimate of drug-likeness (QED) is 0.688. The molecule has 0 unspecified atom stereocenters. The van der Waals surface area contributed by atoms with Gasteiger partial charge in [-0.1, -0.05) is 11.6 Å². The number of aromatic nitrogens is 1. The van der Waals surface area contributed by atoms with Crippen LogP contribution >= 0.6 is 11.6 Å². The van der Waals surface area contributed by atoms with Crippen molar-refractivity contribution >= 4 is 28.8 Å². The third-order valence-corrected chi connectivity index (χ3v) is 3.90. The van der Waals surface area contributed by atoms with Crippen LogP contribution in [0.25, 0.3) is 22.2 Å². The van der Waals surface area contributed by atoms with Crippen LogP contribution in [0, 0.1) is 6.92 Å². The molecule has 2 aromatic carbocycles. The Morgan fingerprint density at radius 1 is 1.23 bits per heavy atom. The molecule has 112 valence electrons. The molecule has 3 nitrogen and oxygen atoms in total. The summed E-state index contributed by atoms with van der Waals surface area (Å²) in [6.07, 6.45) is 0.875. The average molecular weight is 314 g/mol. The van der Waals surface area contributed by atoms with Crippen LogP contribution in [0.1, 0.15) is 22.8 Å². The van der Waals surface area contributed by atoms with Gasteiger partial charge in [-0.2, -0.15) is 0 Å². The third-order valence-electron chi connectivity index (χ3n) is 3.68. The predicted octanol–water partition coefficient (Wildman–Crippen LogP) is 5.01. The molecule has 0 saturated carbocycles. The van der Waals surface area contributed by atoms with E-state index in [0.717, 1.165) is 39.8 Å². The van der Waals surface area contributed by atoms with E-state index in [2.05, 4.69) is 4.98 Å². The number of aryl methyl sites for hydroxylation is 1. The Hall–Kier alpha value is -2.26. The number of hydrogen-bond acceptors (Lipinski definition) is 2. The smallest absolute Gasteiger partial charge is 0.152 e. The van der Waals surface area contributed by atoms with Gasteiger partial charge in [-0.25, -0.2) is 0 Å². The maximum absolute atomic E-state index is 11.6. The molecule has 0 bridgehead atoms. The Labute approximate surface area is 133 Å². The molecule has 0 radical (unpaired) electrons. The fraction of sp³-hybridized carbons (Fsp3) is 0.167. The van der Waals surface area contributed by atoms with E-state index in [1.165, 1.54) is 0 Å². The van der Waals surface area contributed by atoms with E-state index in [0.29, 0.717) is 17.2 Å². The molecule has 3 rings (SSSR count). The third kappa shape index (κ3) is 2.48. The van der Waals surface area contributed by atoms with E-state index < -0.39 is 0 Å². The number of carbonyl (C=O) groups is 1. The fourth-order valence-electron chi connectivity index (χ4n) is 2.68. The van der Waals surface area contributed by atoms with Crippen molar-refractivity contribution < 1.29 is 9.53 Å². The molecular weight excluding hydrogens is 298 g/mol. The van der Waals surface area contributed by atoms with E-state index in [4.69, 9.17) is 16.3 Å². The number of H-pyrrole nitrogens is 1. The number of halogens is 1. The largest absolute Gasteiger partial charge is 0.494 e. The second kappa shape index (κ2) is 5.85. The Balaban J connectivity index is 2.18. The molecule has 0 aliphatic carbocycles. The minimum absolute atomic E-state index is 0.628. The first kappa shape index (κ1) is 14.7. The minimum Gasteiger partial charge on any atom is -0.494 e. The number of benzene rings is 2. The number of rotatable bonds is 4. The van der Waals surface area contributed by atoms with Crippen LogP contribution in [0.2, 0.25) is 5.02 Å². The van der Waals surface area contributed by atoms with Crippen molar-refractivity contribution in [2.75, 3.05) is 6.61 Å². The monoisotopic (exact) mass is 313 g/mol. The molecular formula is C18H16ClNO2. The SMILES string of the molecule is CCOc1ccc(-c2[nH]c3c(C)cc(Cl)cc3c2C=O)cc1. The van der Waals surface area contributed by atoms with Crippen molar-refractivity contribution in [3.05, 3.63) is 52.5 Å². The Morgan fingerprint density at radius 2 is 1.95 bits per heavy atom. The Bertz CT molecular complexity index is 834. The van der Waals surface area contributed by atoms with Gasteiger partial charge in [-0.05, 0) is 61.4 Å². The molecule has 0 aliphatic heterocycles. The van der Waals surface area contributed by atoms with E-state index in [1.54, 1.807) is 0 Å². The summed E-state index contributed by atoms with van der Waals surface area (Å²) in [7, 11) is 0. The average Bonchev–Trinajstić information content (AvgIpc) is 2.87. The summed E-state index contributed by atoms with van der Waals surface area (Å²) in [5.41, 5.74) is 4.33. The Morgan fingerprint density at radius 3 is 2.59 bits per heavy atom. The zero-order valence-corrected chi connectivity index (χ0v) is 13.2.